The smallest absolute Gasteiger partial charge is 0.225 e. The van der Waals surface area contributed by atoms with Crippen LogP contribution in [0.1, 0.15) is 48.0 Å². The van der Waals surface area contributed by atoms with E-state index in [-0.39, 0.29) is 10.9 Å². The standard InChI is InChI=1S/C15H29NO3Si/c1-8-9-14(6)15(7,11(18)10(2)17)12(19)16(14)20-13(3,4)5/h8,10-11,17-18H,1,9,20H2,2-7H3. The van der Waals surface area contributed by atoms with Crippen molar-refractivity contribution in [2.45, 2.75) is 70.7 Å². The highest BCUT2D eigenvalue weighted by Crippen LogP contribution is 2.54. The van der Waals surface area contributed by atoms with E-state index >= 15 is 0 Å². The second-order valence-electron chi connectivity index (χ2n) is 7.61. The Kier molecular flexibility index (Phi) is 4.59. The highest BCUT2D eigenvalue weighted by Gasteiger charge is 2.68. The second kappa shape index (κ2) is 5.28. The number of aliphatic hydroxyl groups excluding tert-OH is 2. The van der Waals surface area contributed by atoms with Gasteiger partial charge in [0.1, 0.15) is 9.68 Å². The molecule has 0 aromatic rings. The van der Waals surface area contributed by atoms with Crippen molar-refractivity contribution in [1.82, 2.24) is 4.57 Å². The van der Waals surface area contributed by atoms with Crippen molar-refractivity contribution in [2.75, 3.05) is 0 Å². The average molecular weight is 299 g/mol. The first kappa shape index (κ1) is 17.4. The van der Waals surface area contributed by atoms with Gasteiger partial charge < -0.3 is 14.8 Å². The van der Waals surface area contributed by atoms with Crippen molar-refractivity contribution in [3.8, 4) is 0 Å². The molecule has 4 nitrogen and oxygen atoms in total. The number of β-lactam (4-membered cyclic amide) rings is 1. The predicted octanol–water partition coefficient (Wildman–Crippen LogP) is 1.21. The van der Waals surface area contributed by atoms with Crippen LogP contribution >= 0.6 is 0 Å². The third kappa shape index (κ3) is 2.47. The Balaban J connectivity index is 3.16. The van der Waals surface area contributed by atoms with Gasteiger partial charge in [-0.1, -0.05) is 26.8 Å². The van der Waals surface area contributed by atoms with Gasteiger partial charge in [0.15, 0.2) is 0 Å². The first-order chi connectivity index (χ1) is 8.91. The number of carbonyl (C=O) groups excluding carboxylic acids is 1. The Morgan fingerprint density at radius 1 is 1.40 bits per heavy atom. The number of hydrogen-bond acceptors (Lipinski definition) is 3. The molecule has 0 radical (unpaired) electrons. The Hall–Kier alpha value is -0.653. The van der Waals surface area contributed by atoms with Crippen LogP contribution in [0.25, 0.3) is 0 Å². The maximum absolute atomic E-state index is 12.7. The van der Waals surface area contributed by atoms with Crippen LogP contribution in [0.2, 0.25) is 5.04 Å². The normalized spacial score (nSPS) is 34.2. The first-order valence-corrected chi connectivity index (χ1v) is 8.55. The quantitative estimate of drug-likeness (QED) is 0.456. The molecule has 0 saturated carbocycles. The van der Waals surface area contributed by atoms with Gasteiger partial charge in [-0.3, -0.25) is 4.79 Å². The zero-order chi connectivity index (χ0) is 15.9. The summed E-state index contributed by atoms with van der Waals surface area (Å²) in [6.07, 6.45) is 0.447. The summed E-state index contributed by atoms with van der Waals surface area (Å²) in [6, 6.07) is 0. The molecular formula is C15H29NO3Si. The van der Waals surface area contributed by atoms with Crippen molar-refractivity contribution in [1.29, 1.82) is 0 Å². The minimum absolute atomic E-state index is 0.0307. The van der Waals surface area contributed by atoms with Crippen LogP contribution in [0.5, 0.6) is 0 Å². The van der Waals surface area contributed by atoms with Gasteiger partial charge in [-0.05, 0) is 32.2 Å². The van der Waals surface area contributed by atoms with Crippen LogP contribution in [-0.4, -0.2) is 48.1 Å². The molecule has 0 spiro atoms. The van der Waals surface area contributed by atoms with Gasteiger partial charge in [-0.15, -0.1) is 6.58 Å². The summed E-state index contributed by atoms with van der Waals surface area (Å²) < 4.78 is 1.96. The van der Waals surface area contributed by atoms with Gasteiger partial charge in [-0.2, -0.15) is 0 Å². The fourth-order valence-electron chi connectivity index (χ4n) is 3.21. The molecule has 5 heteroatoms. The molecule has 2 N–H and O–H groups in total. The molecule has 1 rings (SSSR count). The van der Waals surface area contributed by atoms with Gasteiger partial charge in [0, 0.05) is 0 Å². The molecule has 1 saturated heterocycles. The third-order valence-electron chi connectivity index (χ3n) is 4.63. The highest BCUT2D eigenvalue weighted by atomic mass is 28.2. The Labute approximate surface area is 124 Å². The Bertz CT molecular complexity index is 404. The molecule has 1 aliphatic heterocycles. The van der Waals surface area contributed by atoms with Crippen LogP contribution in [-0.2, 0) is 4.79 Å². The molecule has 1 amide bonds. The summed E-state index contributed by atoms with van der Waals surface area (Å²) in [6.45, 7) is 15.5. The van der Waals surface area contributed by atoms with Crippen molar-refractivity contribution in [3.63, 3.8) is 0 Å². The van der Waals surface area contributed by atoms with E-state index in [1.54, 1.807) is 13.0 Å². The lowest BCUT2D eigenvalue weighted by Crippen LogP contribution is -2.81. The van der Waals surface area contributed by atoms with E-state index in [4.69, 9.17) is 0 Å². The predicted molar refractivity (Wildman–Crippen MR) is 84.1 cm³/mol. The molecule has 4 unspecified atom stereocenters. The molecule has 0 aliphatic carbocycles. The number of nitrogens with zero attached hydrogens (tertiary/aromatic N) is 1. The molecule has 20 heavy (non-hydrogen) atoms. The summed E-state index contributed by atoms with van der Waals surface area (Å²) in [4.78, 5) is 12.7. The van der Waals surface area contributed by atoms with Crippen molar-refractivity contribution >= 4 is 15.6 Å². The molecule has 4 atom stereocenters. The lowest BCUT2D eigenvalue weighted by atomic mass is 9.58. The van der Waals surface area contributed by atoms with Crippen LogP contribution in [0.4, 0.5) is 0 Å². The summed E-state index contributed by atoms with van der Waals surface area (Å²) in [5, 5.41) is 20.2. The fraction of sp³-hybridized carbons (Fsp3) is 0.800. The SMILES string of the molecule is C=CCC1(C)N([SiH2]C(C)(C)C)C(=O)C1(C)C(O)C(C)O. The topological polar surface area (TPSA) is 60.8 Å². The van der Waals surface area contributed by atoms with Gasteiger partial charge in [0.2, 0.25) is 5.91 Å². The van der Waals surface area contributed by atoms with E-state index in [0.717, 1.165) is 0 Å². The van der Waals surface area contributed by atoms with Crippen molar-refractivity contribution < 1.29 is 15.0 Å². The molecule has 1 heterocycles. The highest BCUT2D eigenvalue weighted by molar-refractivity contribution is 6.42. The zero-order valence-corrected chi connectivity index (χ0v) is 15.0. The lowest BCUT2D eigenvalue weighted by Gasteiger charge is -2.66. The summed E-state index contributed by atoms with van der Waals surface area (Å²) in [7, 11) is -0.793. The van der Waals surface area contributed by atoms with Gasteiger partial charge in [0.25, 0.3) is 0 Å². The monoisotopic (exact) mass is 299 g/mol. The summed E-state index contributed by atoms with van der Waals surface area (Å²) in [5.74, 6) is -0.0307. The lowest BCUT2D eigenvalue weighted by molar-refractivity contribution is -0.200. The molecule has 1 aliphatic rings. The molecule has 1 fully saturated rings. The van der Waals surface area contributed by atoms with Crippen LogP contribution in [0.15, 0.2) is 12.7 Å². The molecule has 116 valence electrons. The molecule has 0 bridgehead atoms. The summed E-state index contributed by atoms with van der Waals surface area (Å²) >= 11 is 0. The largest absolute Gasteiger partial charge is 0.391 e. The number of rotatable bonds is 5. The van der Waals surface area contributed by atoms with Gasteiger partial charge in [0.05, 0.1) is 23.2 Å². The number of amides is 1. The number of hydrogen-bond donors (Lipinski definition) is 2. The van der Waals surface area contributed by atoms with Crippen LogP contribution in [0.3, 0.4) is 0 Å². The average Bonchev–Trinajstić information content (AvgIpc) is 2.32. The number of carbonyl (C=O) groups is 1. The summed E-state index contributed by atoms with van der Waals surface area (Å²) in [5.41, 5.74) is -1.39. The maximum Gasteiger partial charge on any atom is 0.225 e. The molecule has 0 aromatic heterocycles. The van der Waals surface area contributed by atoms with E-state index in [1.165, 1.54) is 6.92 Å². The third-order valence-corrected chi connectivity index (χ3v) is 6.88. The molecular weight excluding hydrogens is 270 g/mol. The van der Waals surface area contributed by atoms with E-state index in [2.05, 4.69) is 27.4 Å². The van der Waals surface area contributed by atoms with Crippen molar-refractivity contribution in [2.24, 2.45) is 5.41 Å². The fourth-order valence-corrected chi connectivity index (χ4v) is 5.44. The van der Waals surface area contributed by atoms with Gasteiger partial charge in [-0.25, -0.2) is 0 Å². The van der Waals surface area contributed by atoms with Crippen LogP contribution in [0, 0.1) is 5.41 Å². The minimum Gasteiger partial charge on any atom is -0.391 e. The molecule has 0 aromatic carbocycles. The van der Waals surface area contributed by atoms with Crippen molar-refractivity contribution in [3.05, 3.63) is 12.7 Å². The number of aliphatic hydroxyl groups is 2. The second-order valence-corrected chi connectivity index (χ2v) is 10.7. The first-order valence-electron chi connectivity index (χ1n) is 7.21. The van der Waals surface area contributed by atoms with E-state index < -0.39 is 32.8 Å². The van der Waals surface area contributed by atoms with E-state index in [1.807, 2.05) is 11.5 Å². The van der Waals surface area contributed by atoms with Crippen LogP contribution < -0.4 is 0 Å². The maximum atomic E-state index is 12.7. The van der Waals surface area contributed by atoms with E-state index in [0.29, 0.717) is 6.42 Å². The minimum atomic E-state index is -1.05. The zero-order valence-electron chi connectivity index (χ0n) is 13.6. The Morgan fingerprint density at radius 2 is 1.90 bits per heavy atom. The van der Waals surface area contributed by atoms with E-state index in [9.17, 15) is 15.0 Å². The Morgan fingerprint density at radius 3 is 2.25 bits per heavy atom. The van der Waals surface area contributed by atoms with Gasteiger partial charge >= 0.3 is 0 Å².